The molecule has 2 aromatic rings. The van der Waals surface area contributed by atoms with Gasteiger partial charge in [-0.1, -0.05) is 83.9 Å². The highest BCUT2D eigenvalue weighted by molar-refractivity contribution is 6.55. The Hall–Kier alpha value is -1.76. The Morgan fingerprint density at radius 1 is 0.870 bits per heavy atom. The third-order valence-corrected chi connectivity index (χ3v) is 7.77. The van der Waals surface area contributed by atoms with Crippen LogP contribution >= 0.6 is 23.2 Å². The molecule has 7 rings (SSSR count). The van der Waals surface area contributed by atoms with Crippen molar-refractivity contribution >= 4 is 51.7 Å². The number of hydrogen-bond acceptors (Lipinski definition) is 0. The molecule has 0 amide bonds. The number of allylic oxidation sites excluding steroid dienone is 5. The Balaban J connectivity index is 1.95. The van der Waals surface area contributed by atoms with Crippen molar-refractivity contribution in [1.82, 2.24) is 0 Å². The molecule has 23 heavy (non-hydrogen) atoms. The molecule has 0 saturated heterocycles. The summed E-state index contributed by atoms with van der Waals surface area (Å²) in [6, 6.07) is 8.87. The number of alkyl halides is 2. The van der Waals surface area contributed by atoms with Gasteiger partial charge in [-0.3, -0.25) is 0 Å². The lowest BCUT2D eigenvalue weighted by Crippen LogP contribution is -2.71. The summed E-state index contributed by atoms with van der Waals surface area (Å²) in [5.74, 6) is 0. The zero-order valence-electron chi connectivity index (χ0n) is 12.0. The van der Waals surface area contributed by atoms with Crippen LogP contribution in [0.2, 0.25) is 0 Å². The summed E-state index contributed by atoms with van der Waals surface area (Å²) < 4.78 is -0.861. The van der Waals surface area contributed by atoms with E-state index in [0.29, 0.717) is 0 Å². The molecule has 2 heteroatoms. The van der Waals surface area contributed by atoms with Crippen LogP contribution in [0.4, 0.5) is 0 Å². The van der Waals surface area contributed by atoms with Gasteiger partial charge in [0.1, 0.15) is 0 Å². The monoisotopic (exact) mass is 332 g/mol. The second-order valence-electron chi connectivity index (χ2n) is 7.18. The van der Waals surface area contributed by atoms with Gasteiger partial charge in [-0.15, -0.1) is 0 Å². The van der Waals surface area contributed by atoms with E-state index in [1.807, 2.05) is 0 Å². The first kappa shape index (κ1) is 11.7. The van der Waals surface area contributed by atoms with Crippen molar-refractivity contribution in [3.05, 3.63) is 75.7 Å². The van der Waals surface area contributed by atoms with E-state index in [1.165, 1.54) is 43.5 Å². The fraction of sp³-hybridized carbons (Fsp3) is 0.143. The van der Waals surface area contributed by atoms with E-state index in [0.717, 1.165) is 0 Å². The van der Waals surface area contributed by atoms with Gasteiger partial charge < -0.3 is 0 Å². The van der Waals surface area contributed by atoms with E-state index < -0.39 is 4.33 Å². The second-order valence-corrected chi connectivity index (χ2v) is 8.51. The van der Waals surface area contributed by atoms with Crippen LogP contribution < -0.4 is 10.4 Å². The van der Waals surface area contributed by atoms with Crippen molar-refractivity contribution < 1.29 is 0 Å². The predicted molar refractivity (Wildman–Crippen MR) is 95.9 cm³/mol. The Morgan fingerprint density at radius 3 is 2.61 bits per heavy atom. The maximum absolute atomic E-state index is 7.11. The highest BCUT2D eigenvalue weighted by atomic mass is 35.5. The first-order valence-corrected chi connectivity index (χ1v) is 8.69. The Bertz CT molecular complexity index is 1240. The molecule has 2 aromatic carbocycles. The minimum atomic E-state index is -0.861. The van der Waals surface area contributed by atoms with Crippen LogP contribution in [0.5, 0.6) is 0 Å². The first-order valence-electron chi connectivity index (χ1n) is 7.93. The molecule has 0 radical (unpaired) electrons. The minimum absolute atomic E-state index is 0.359. The molecule has 1 fully saturated rings. The third kappa shape index (κ3) is 0.809. The summed E-state index contributed by atoms with van der Waals surface area (Å²) in [6.07, 6.45) is 13.2. The maximum atomic E-state index is 7.11. The van der Waals surface area contributed by atoms with Crippen molar-refractivity contribution in [2.45, 2.75) is 9.75 Å². The van der Waals surface area contributed by atoms with Gasteiger partial charge in [0.25, 0.3) is 0 Å². The standard InChI is InChI=1S/C21H10Cl2/c22-21(23)19-9-7-12-2-1-11-3-4-13-5-6-14(8-10-19)20(21)17(13)15(11)16(12)18(19)20/h1-10H. The second kappa shape index (κ2) is 2.97. The maximum Gasteiger partial charge on any atom is 0.152 e. The molecule has 2 atom stereocenters. The van der Waals surface area contributed by atoms with Crippen molar-refractivity contribution in [3.8, 4) is 0 Å². The van der Waals surface area contributed by atoms with Crippen molar-refractivity contribution in [2.24, 2.45) is 5.41 Å². The SMILES string of the molecule is ClC1(Cl)C23C=CC4=CC=c5ccc6ccc(c7c6c5C41C=72)C=C3. The van der Waals surface area contributed by atoms with E-state index in [1.54, 1.807) is 0 Å². The van der Waals surface area contributed by atoms with Crippen molar-refractivity contribution in [2.75, 3.05) is 0 Å². The zero-order chi connectivity index (χ0) is 15.2. The molecule has 0 nitrogen and oxygen atoms in total. The van der Waals surface area contributed by atoms with Gasteiger partial charge in [-0.25, -0.2) is 0 Å². The van der Waals surface area contributed by atoms with Crippen LogP contribution in [0.1, 0.15) is 11.1 Å². The first-order chi connectivity index (χ1) is 11.1. The molecule has 108 valence electrons. The van der Waals surface area contributed by atoms with Crippen molar-refractivity contribution in [3.63, 3.8) is 0 Å². The summed E-state index contributed by atoms with van der Waals surface area (Å²) in [5, 5.41) is 5.28. The van der Waals surface area contributed by atoms with Gasteiger partial charge in [-0.05, 0) is 43.5 Å². The number of halogens is 2. The van der Waals surface area contributed by atoms with E-state index in [-0.39, 0.29) is 10.8 Å². The van der Waals surface area contributed by atoms with Gasteiger partial charge in [0.2, 0.25) is 0 Å². The third-order valence-electron chi connectivity index (χ3n) is 6.58. The minimum Gasteiger partial charge on any atom is -0.0982 e. The Morgan fingerprint density at radius 2 is 1.70 bits per heavy atom. The van der Waals surface area contributed by atoms with Crippen LogP contribution in [0.3, 0.4) is 0 Å². The molecule has 2 bridgehead atoms. The zero-order valence-corrected chi connectivity index (χ0v) is 13.5. The van der Waals surface area contributed by atoms with Gasteiger partial charge >= 0.3 is 0 Å². The topological polar surface area (TPSA) is 0 Å². The summed E-state index contributed by atoms with van der Waals surface area (Å²) in [4.78, 5) is 0. The molecule has 0 N–H and O–H groups in total. The molecule has 5 aliphatic carbocycles. The average molecular weight is 333 g/mol. The lowest BCUT2D eigenvalue weighted by Gasteiger charge is -2.68. The predicted octanol–water partition coefficient (Wildman–Crippen LogP) is 3.73. The summed E-state index contributed by atoms with van der Waals surface area (Å²) >= 11 is 14.2. The fourth-order valence-corrected chi connectivity index (χ4v) is 6.82. The van der Waals surface area contributed by atoms with Gasteiger partial charge in [-0.2, -0.15) is 0 Å². The molecule has 0 aliphatic heterocycles. The van der Waals surface area contributed by atoms with Crippen LogP contribution in [0, 0.1) is 5.41 Å². The van der Waals surface area contributed by atoms with Crippen molar-refractivity contribution in [1.29, 1.82) is 0 Å². The number of benzene rings is 2. The molecule has 1 saturated carbocycles. The van der Waals surface area contributed by atoms with E-state index in [4.69, 9.17) is 23.2 Å². The van der Waals surface area contributed by atoms with Crippen LogP contribution in [-0.2, 0) is 5.41 Å². The van der Waals surface area contributed by atoms with Crippen LogP contribution in [0.15, 0.2) is 54.1 Å². The number of rotatable bonds is 0. The lowest BCUT2D eigenvalue weighted by molar-refractivity contribution is 0.300. The highest BCUT2D eigenvalue weighted by Gasteiger charge is 2.80. The van der Waals surface area contributed by atoms with Crippen LogP contribution in [0.25, 0.3) is 28.5 Å². The smallest absolute Gasteiger partial charge is 0.0982 e. The summed E-state index contributed by atoms with van der Waals surface area (Å²) in [5.41, 5.74) is 4.54. The van der Waals surface area contributed by atoms with E-state index >= 15 is 0 Å². The molecule has 0 heterocycles. The molecule has 0 aromatic heterocycles. The van der Waals surface area contributed by atoms with E-state index in [2.05, 4.69) is 60.7 Å². The molecule has 2 spiro atoms. The van der Waals surface area contributed by atoms with Gasteiger partial charge in [0, 0.05) is 0 Å². The fourth-order valence-electron chi connectivity index (χ4n) is 5.78. The highest BCUT2D eigenvalue weighted by Crippen LogP contribution is 2.80. The summed E-state index contributed by atoms with van der Waals surface area (Å²) in [6.45, 7) is 0. The molecular formula is C21H10Cl2. The normalized spacial score (nSPS) is 34.5. The quantitative estimate of drug-likeness (QED) is 0.645. The molecule has 5 aliphatic rings. The Kier molecular flexibility index (Phi) is 1.51. The molecular weight excluding hydrogens is 323 g/mol. The Labute approximate surface area is 142 Å². The van der Waals surface area contributed by atoms with Gasteiger partial charge in [0.05, 0.1) is 10.8 Å². The van der Waals surface area contributed by atoms with Crippen LogP contribution in [-0.4, -0.2) is 4.33 Å². The summed E-state index contributed by atoms with van der Waals surface area (Å²) in [7, 11) is 0. The average Bonchev–Trinajstić information content (AvgIpc) is 2.90. The largest absolute Gasteiger partial charge is 0.152 e. The lowest BCUT2D eigenvalue weighted by atomic mass is 9.40. The number of hydrogen-bond donors (Lipinski definition) is 0. The van der Waals surface area contributed by atoms with Gasteiger partial charge in [0.15, 0.2) is 4.33 Å². The molecule has 2 unspecified atom stereocenters. The van der Waals surface area contributed by atoms with E-state index in [9.17, 15) is 0 Å².